The third kappa shape index (κ3) is 4.41. The fourth-order valence-corrected chi connectivity index (χ4v) is 1.46. The van der Waals surface area contributed by atoms with Crippen molar-refractivity contribution in [1.82, 2.24) is 4.90 Å². The number of nitrogens with zero attached hydrogens (tertiary/aromatic N) is 1. The highest BCUT2D eigenvalue weighted by Gasteiger charge is 2.22. The summed E-state index contributed by atoms with van der Waals surface area (Å²) in [6.07, 6.45) is 1.28. The molecule has 0 heterocycles. The van der Waals surface area contributed by atoms with E-state index in [0.29, 0.717) is 5.41 Å². The van der Waals surface area contributed by atoms with Crippen LogP contribution in [-0.2, 0) is 0 Å². The van der Waals surface area contributed by atoms with Crippen LogP contribution in [0.4, 0.5) is 0 Å². The Morgan fingerprint density at radius 2 is 1.64 bits per heavy atom. The molecule has 0 radical (unpaired) electrons. The summed E-state index contributed by atoms with van der Waals surface area (Å²) in [6, 6.07) is 0. The first-order valence-electron chi connectivity index (χ1n) is 4.52. The first-order valence-corrected chi connectivity index (χ1v) is 4.52. The van der Waals surface area contributed by atoms with Gasteiger partial charge in [0, 0.05) is 6.54 Å². The molecule has 1 unspecified atom stereocenters. The Labute approximate surface area is 71.8 Å². The molecule has 0 aromatic rings. The van der Waals surface area contributed by atoms with Crippen LogP contribution in [0.3, 0.4) is 0 Å². The van der Waals surface area contributed by atoms with Crippen LogP contribution < -0.4 is 0 Å². The molecule has 0 aliphatic rings. The Morgan fingerprint density at radius 3 is 1.73 bits per heavy atom. The third-order valence-electron chi connectivity index (χ3n) is 2.30. The van der Waals surface area contributed by atoms with Crippen molar-refractivity contribution in [3.8, 4) is 0 Å². The zero-order valence-corrected chi connectivity index (χ0v) is 8.94. The Morgan fingerprint density at radius 1 is 1.18 bits per heavy atom. The van der Waals surface area contributed by atoms with Crippen LogP contribution in [0.5, 0.6) is 0 Å². The molecule has 0 N–H and O–H groups in total. The van der Waals surface area contributed by atoms with Crippen LogP contribution >= 0.6 is 0 Å². The van der Waals surface area contributed by atoms with Crippen molar-refractivity contribution in [2.24, 2.45) is 11.3 Å². The zero-order chi connectivity index (χ0) is 9.07. The summed E-state index contributed by atoms with van der Waals surface area (Å²) < 4.78 is 0. The van der Waals surface area contributed by atoms with Crippen LogP contribution in [0.1, 0.15) is 34.1 Å². The smallest absolute Gasteiger partial charge is 0.000846 e. The van der Waals surface area contributed by atoms with Gasteiger partial charge < -0.3 is 4.90 Å². The van der Waals surface area contributed by atoms with Gasteiger partial charge in [0.25, 0.3) is 0 Å². The van der Waals surface area contributed by atoms with Gasteiger partial charge in [-0.15, -0.1) is 0 Å². The van der Waals surface area contributed by atoms with Crippen molar-refractivity contribution in [3.05, 3.63) is 0 Å². The van der Waals surface area contributed by atoms with Gasteiger partial charge >= 0.3 is 0 Å². The first-order chi connectivity index (χ1) is 4.88. The molecule has 0 rings (SSSR count). The minimum Gasteiger partial charge on any atom is -0.309 e. The molecular weight excluding hydrogens is 134 g/mol. The normalized spacial score (nSPS) is 15.5. The minimum absolute atomic E-state index is 0.457. The van der Waals surface area contributed by atoms with Crippen molar-refractivity contribution < 1.29 is 0 Å². The minimum atomic E-state index is 0.457. The van der Waals surface area contributed by atoms with Crippen LogP contribution in [0.2, 0.25) is 0 Å². The van der Waals surface area contributed by atoms with Crippen LogP contribution in [0.15, 0.2) is 0 Å². The Balaban J connectivity index is 3.96. The number of hydrogen-bond donors (Lipinski definition) is 0. The molecular formula is C10H23N. The van der Waals surface area contributed by atoms with Gasteiger partial charge in [0.2, 0.25) is 0 Å². The van der Waals surface area contributed by atoms with Gasteiger partial charge in [-0.05, 0) is 25.4 Å². The van der Waals surface area contributed by atoms with Crippen LogP contribution in [-0.4, -0.2) is 25.5 Å². The average Bonchev–Trinajstić information content (AvgIpc) is 1.79. The lowest BCUT2D eigenvalue weighted by molar-refractivity contribution is 0.179. The predicted molar refractivity (Wildman–Crippen MR) is 51.8 cm³/mol. The molecule has 68 valence electrons. The summed E-state index contributed by atoms with van der Waals surface area (Å²) >= 11 is 0. The van der Waals surface area contributed by atoms with Crippen LogP contribution in [0.25, 0.3) is 0 Å². The Hall–Kier alpha value is -0.0400. The van der Waals surface area contributed by atoms with Gasteiger partial charge in [-0.2, -0.15) is 0 Å². The first kappa shape index (κ1) is 11.0. The molecule has 1 atom stereocenters. The second-order valence-electron chi connectivity index (χ2n) is 4.73. The monoisotopic (exact) mass is 157 g/mol. The quantitative estimate of drug-likeness (QED) is 0.608. The molecule has 0 saturated heterocycles. The van der Waals surface area contributed by atoms with E-state index in [1.807, 2.05) is 0 Å². The molecule has 0 saturated carbocycles. The van der Waals surface area contributed by atoms with E-state index >= 15 is 0 Å². The number of hydrogen-bond acceptors (Lipinski definition) is 1. The largest absolute Gasteiger partial charge is 0.309 e. The molecule has 0 aromatic carbocycles. The summed E-state index contributed by atoms with van der Waals surface area (Å²) in [7, 11) is 4.29. The van der Waals surface area contributed by atoms with Crippen molar-refractivity contribution in [1.29, 1.82) is 0 Å². The summed E-state index contributed by atoms with van der Waals surface area (Å²) in [4.78, 5) is 2.28. The summed E-state index contributed by atoms with van der Waals surface area (Å²) in [5, 5.41) is 0. The van der Waals surface area contributed by atoms with E-state index in [2.05, 4.69) is 46.7 Å². The van der Waals surface area contributed by atoms with Crippen molar-refractivity contribution in [2.75, 3.05) is 20.6 Å². The van der Waals surface area contributed by atoms with E-state index in [-0.39, 0.29) is 0 Å². The standard InChI is InChI=1S/C10H23N/c1-7-9(8-11(5)6)10(2,3)4/h9H,7-8H2,1-6H3. The van der Waals surface area contributed by atoms with E-state index < -0.39 is 0 Å². The van der Waals surface area contributed by atoms with E-state index in [1.165, 1.54) is 13.0 Å². The van der Waals surface area contributed by atoms with Gasteiger partial charge in [-0.25, -0.2) is 0 Å². The van der Waals surface area contributed by atoms with Gasteiger partial charge in [0.05, 0.1) is 0 Å². The predicted octanol–water partition coefficient (Wildman–Crippen LogP) is 2.62. The van der Waals surface area contributed by atoms with Gasteiger partial charge in [0.15, 0.2) is 0 Å². The SMILES string of the molecule is CCC(CN(C)C)C(C)(C)C. The molecule has 0 fully saturated rings. The van der Waals surface area contributed by atoms with E-state index in [1.54, 1.807) is 0 Å². The second kappa shape index (κ2) is 4.10. The Bertz CT molecular complexity index is 99.9. The zero-order valence-electron chi connectivity index (χ0n) is 8.94. The highest BCUT2D eigenvalue weighted by molar-refractivity contribution is 4.74. The topological polar surface area (TPSA) is 3.24 Å². The summed E-state index contributed by atoms with van der Waals surface area (Å²) in [5.41, 5.74) is 0.457. The lowest BCUT2D eigenvalue weighted by atomic mass is 9.79. The van der Waals surface area contributed by atoms with E-state index in [4.69, 9.17) is 0 Å². The number of rotatable bonds is 3. The second-order valence-corrected chi connectivity index (χ2v) is 4.73. The fourth-order valence-electron chi connectivity index (χ4n) is 1.46. The van der Waals surface area contributed by atoms with Gasteiger partial charge in [-0.1, -0.05) is 34.1 Å². The molecule has 0 bridgehead atoms. The van der Waals surface area contributed by atoms with E-state index in [9.17, 15) is 0 Å². The molecule has 0 spiro atoms. The van der Waals surface area contributed by atoms with Crippen molar-refractivity contribution >= 4 is 0 Å². The maximum Gasteiger partial charge on any atom is 0.000846 e. The van der Waals surface area contributed by atoms with Crippen molar-refractivity contribution in [3.63, 3.8) is 0 Å². The molecule has 0 amide bonds. The maximum absolute atomic E-state index is 2.32. The third-order valence-corrected chi connectivity index (χ3v) is 2.30. The molecule has 1 heteroatoms. The van der Waals surface area contributed by atoms with E-state index in [0.717, 1.165) is 5.92 Å². The lowest BCUT2D eigenvalue weighted by Crippen LogP contribution is -2.30. The molecule has 1 nitrogen and oxygen atoms in total. The maximum atomic E-state index is 2.32. The van der Waals surface area contributed by atoms with Gasteiger partial charge in [0.1, 0.15) is 0 Å². The molecule has 0 aliphatic carbocycles. The summed E-state index contributed by atoms with van der Waals surface area (Å²) in [6.45, 7) is 10.5. The lowest BCUT2D eigenvalue weighted by Gasteiger charge is -2.32. The van der Waals surface area contributed by atoms with Gasteiger partial charge in [-0.3, -0.25) is 0 Å². The highest BCUT2D eigenvalue weighted by Crippen LogP contribution is 2.28. The Kier molecular flexibility index (Phi) is 4.09. The van der Waals surface area contributed by atoms with Crippen molar-refractivity contribution in [2.45, 2.75) is 34.1 Å². The summed E-state index contributed by atoms with van der Waals surface area (Å²) in [5.74, 6) is 0.817. The van der Waals surface area contributed by atoms with Crippen LogP contribution in [0, 0.1) is 11.3 Å². The fraction of sp³-hybridized carbons (Fsp3) is 1.00. The molecule has 11 heavy (non-hydrogen) atoms. The highest BCUT2D eigenvalue weighted by atomic mass is 15.1. The molecule has 0 aliphatic heterocycles. The molecule has 0 aromatic heterocycles. The average molecular weight is 157 g/mol.